The SMILES string of the molecule is CCC(C)CN(C)CC1CCCC1. The first-order valence-electron chi connectivity index (χ1n) is 5.91. The second-order valence-electron chi connectivity index (χ2n) is 4.89. The molecule has 1 aliphatic carbocycles. The van der Waals surface area contributed by atoms with Gasteiger partial charge in [-0.3, -0.25) is 0 Å². The van der Waals surface area contributed by atoms with E-state index in [1.165, 1.54) is 45.2 Å². The highest BCUT2D eigenvalue weighted by Crippen LogP contribution is 2.25. The van der Waals surface area contributed by atoms with Gasteiger partial charge in [-0.25, -0.2) is 0 Å². The van der Waals surface area contributed by atoms with Gasteiger partial charge in [-0.1, -0.05) is 33.1 Å². The summed E-state index contributed by atoms with van der Waals surface area (Å²) in [7, 11) is 2.28. The molecule has 0 heterocycles. The lowest BCUT2D eigenvalue weighted by Gasteiger charge is -2.23. The van der Waals surface area contributed by atoms with E-state index in [9.17, 15) is 0 Å². The Morgan fingerprint density at radius 2 is 1.92 bits per heavy atom. The summed E-state index contributed by atoms with van der Waals surface area (Å²) in [4.78, 5) is 2.53. The summed E-state index contributed by atoms with van der Waals surface area (Å²) in [6.45, 7) is 7.26. The highest BCUT2D eigenvalue weighted by Gasteiger charge is 2.17. The monoisotopic (exact) mass is 183 g/mol. The maximum atomic E-state index is 2.53. The van der Waals surface area contributed by atoms with Crippen molar-refractivity contribution in [2.75, 3.05) is 20.1 Å². The largest absolute Gasteiger partial charge is 0.306 e. The normalized spacial score (nSPS) is 21.2. The van der Waals surface area contributed by atoms with Crippen LogP contribution in [0.1, 0.15) is 46.0 Å². The molecule has 0 radical (unpaired) electrons. The molecule has 0 saturated heterocycles. The minimum atomic E-state index is 0.867. The lowest BCUT2D eigenvalue weighted by molar-refractivity contribution is 0.242. The number of rotatable bonds is 5. The number of hydrogen-bond donors (Lipinski definition) is 0. The molecule has 0 aliphatic heterocycles. The molecule has 0 bridgehead atoms. The van der Waals surface area contributed by atoms with E-state index in [1.807, 2.05) is 0 Å². The molecular formula is C12H25N. The summed E-state index contributed by atoms with van der Waals surface area (Å²) in [6, 6.07) is 0. The molecular weight excluding hydrogens is 158 g/mol. The Morgan fingerprint density at radius 1 is 1.31 bits per heavy atom. The van der Waals surface area contributed by atoms with Gasteiger partial charge in [0.15, 0.2) is 0 Å². The van der Waals surface area contributed by atoms with E-state index < -0.39 is 0 Å². The summed E-state index contributed by atoms with van der Waals surface area (Å²) in [5, 5.41) is 0. The quantitative estimate of drug-likeness (QED) is 0.633. The molecule has 0 aromatic rings. The molecule has 0 spiro atoms. The van der Waals surface area contributed by atoms with Crippen molar-refractivity contribution in [1.82, 2.24) is 4.90 Å². The molecule has 1 unspecified atom stereocenters. The van der Waals surface area contributed by atoms with Crippen LogP contribution in [0.2, 0.25) is 0 Å². The van der Waals surface area contributed by atoms with Crippen LogP contribution in [0.5, 0.6) is 0 Å². The Bertz CT molecular complexity index is 127. The van der Waals surface area contributed by atoms with Crippen LogP contribution in [0.3, 0.4) is 0 Å². The average molecular weight is 183 g/mol. The summed E-state index contributed by atoms with van der Waals surface area (Å²) in [5.74, 6) is 1.88. The highest BCUT2D eigenvalue weighted by molar-refractivity contribution is 4.71. The second kappa shape index (κ2) is 5.64. The van der Waals surface area contributed by atoms with E-state index in [4.69, 9.17) is 0 Å². The van der Waals surface area contributed by atoms with Gasteiger partial charge in [-0.05, 0) is 31.7 Å². The van der Waals surface area contributed by atoms with Crippen LogP contribution in [0.4, 0.5) is 0 Å². The summed E-state index contributed by atoms with van der Waals surface area (Å²) in [6.07, 6.45) is 7.22. The third-order valence-corrected chi connectivity index (χ3v) is 3.36. The third kappa shape index (κ3) is 4.12. The molecule has 1 rings (SSSR count). The molecule has 0 amide bonds. The first-order chi connectivity index (χ1) is 6.22. The van der Waals surface area contributed by atoms with Gasteiger partial charge < -0.3 is 4.90 Å². The van der Waals surface area contributed by atoms with Gasteiger partial charge >= 0.3 is 0 Å². The molecule has 13 heavy (non-hydrogen) atoms. The molecule has 1 saturated carbocycles. The lowest BCUT2D eigenvalue weighted by atomic mass is 10.1. The van der Waals surface area contributed by atoms with E-state index >= 15 is 0 Å². The highest BCUT2D eigenvalue weighted by atomic mass is 15.1. The molecule has 1 heteroatoms. The van der Waals surface area contributed by atoms with Gasteiger partial charge in [-0.2, -0.15) is 0 Å². The Hall–Kier alpha value is -0.0400. The summed E-state index contributed by atoms with van der Waals surface area (Å²) >= 11 is 0. The Balaban J connectivity index is 2.12. The smallest absolute Gasteiger partial charge is 0.000672 e. The topological polar surface area (TPSA) is 3.24 Å². The average Bonchev–Trinajstić information content (AvgIpc) is 2.56. The van der Waals surface area contributed by atoms with Gasteiger partial charge in [0.05, 0.1) is 0 Å². The van der Waals surface area contributed by atoms with Crippen LogP contribution in [0, 0.1) is 11.8 Å². The predicted molar refractivity (Wildman–Crippen MR) is 58.9 cm³/mol. The maximum Gasteiger partial charge on any atom is 0.000672 e. The van der Waals surface area contributed by atoms with Crippen molar-refractivity contribution in [3.63, 3.8) is 0 Å². The predicted octanol–water partition coefficient (Wildman–Crippen LogP) is 3.15. The zero-order valence-electron chi connectivity index (χ0n) is 9.55. The van der Waals surface area contributed by atoms with E-state index in [0.717, 1.165) is 11.8 Å². The van der Waals surface area contributed by atoms with Crippen molar-refractivity contribution in [2.45, 2.75) is 46.0 Å². The first-order valence-corrected chi connectivity index (χ1v) is 5.91. The fraction of sp³-hybridized carbons (Fsp3) is 1.00. The van der Waals surface area contributed by atoms with Crippen molar-refractivity contribution >= 4 is 0 Å². The molecule has 1 atom stereocenters. The summed E-state index contributed by atoms with van der Waals surface area (Å²) in [5.41, 5.74) is 0. The standard InChI is InChI=1S/C12H25N/c1-4-11(2)9-13(3)10-12-7-5-6-8-12/h11-12H,4-10H2,1-3H3. The Morgan fingerprint density at radius 3 is 2.46 bits per heavy atom. The van der Waals surface area contributed by atoms with Crippen molar-refractivity contribution in [3.8, 4) is 0 Å². The number of hydrogen-bond acceptors (Lipinski definition) is 1. The van der Waals surface area contributed by atoms with Crippen molar-refractivity contribution in [2.24, 2.45) is 11.8 Å². The summed E-state index contributed by atoms with van der Waals surface area (Å²) < 4.78 is 0. The van der Waals surface area contributed by atoms with Crippen LogP contribution in [-0.4, -0.2) is 25.0 Å². The second-order valence-corrected chi connectivity index (χ2v) is 4.89. The van der Waals surface area contributed by atoms with Gasteiger partial charge in [0.1, 0.15) is 0 Å². The van der Waals surface area contributed by atoms with Crippen LogP contribution < -0.4 is 0 Å². The minimum absolute atomic E-state index is 0.867. The maximum absolute atomic E-state index is 2.53. The van der Waals surface area contributed by atoms with Crippen LogP contribution >= 0.6 is 0 Å². The minimum Gasteiger partial charge on any atom is -0.306 e. The van der Waals surface area contributed by atoms with Crippen LogP contribution in [0.25, 0.3) is 0 Å². The zero-order chi connectivity index (χ0) is 9.68. The van der Waals surface area contributed by atoms with Crippen molar-refractivity contribution < 1.29 is 0 Å². The van der Waals surface area contributed by atoms with Gasteiger partial charge in [0.25, 0.3) is 0 Å². The third-order valence-electron chi connectivity index (χ3n) is 3.36. The first kappa shape index (κ1) is 11.0. The van der Waals surface area contributed by atoms with E-state index in [2.05, 4.69) is 25.8 Å². The fourth-order valence-corrected chi connectivity index (χ4v) is 2.37. The molecule has 1 nitrogen and oxygen atoms in total. The van der Waals surface area contributed by atoms with Crippen molar-refractivity contribution in [1.29, 1.82) is 0 Å². The Kier molecular flexibility index (Phi) is 4.79. The van der Waals surface area contributed by atoms with Crippen LogP contribution in [0.15, 0.2) is 0 Å². The molecule has 0 aromatic carbocycles. The molecule has 78 valence electrons. The fourth-order valence-electron chi connectivity index (χ4n) is 2.37. The Labute approximate surface area is 83.5 Å². The van der Waals surface area contributed by atoms with E-state index in [-0.39, 0.29) is 0 Å². The van der Waals surface area contributed by atoms with Crippen LogP contribution in [-0.2, 0) is 0 Å². The molecule has 1 aliphatic rings. The molecule has 0 N–H and O–H groups in total. The number of nitrogens with zero attached hydrogens (tertiary/aromatic N) is 1. The van der Waals surface area contributed by atoms with E-state index in [0.29, 0.717) is 0 Å². The lowest BCUT2D eigenvalue weighted by Crippen LogP contribution is -2.28. The van der Waals surface area contributed by atoms with Gasteiger partial charge in [0, 0.05) is 13.1 Å². The van der Waals surface area contributed by atoms with Gasteiger partial charge in [-0.15, -0.1) is 0 Å². The zero-order valence-corrected chi connectivity index (χ0v) is 9.55. The van der Waals surface area contributed by atoms with E-state index in [1.54, 1.807) is 0 Å². The molecule has 0 aromatic heterocycles. The van der Waals surface area contributed by atoms with Crippen molar-refractivity contribution in [3.05, 3.63) is 0 Å². The molecule has 1 fully saturated rings. The van der Waals surface area contributed by atoms with Gasteiger partial charge in [0.2, 0.25) is 0 Å².